The Labute approximate surface area is 172 Å². The summed E-state index contributed by atoms with van der Waals surface area (Å²) in [6.07, 6.45) is 6.05. The number of nitrogens with zero attached hydrogens (tertiary/aromatic N) is 2. The molecule has 3 aromatic rings. The molecule has 0 spiro atoms. The minimum absolute atomic E-state index is 0.325. The summed E-state index contributed by atoms with van der Waals surface area (Å²) >= 11 is 6.07. The minimum Gasteiger partial charge on any atom is -0.404 e. The van der Waals surface area contributed by atoms with Gasteiger partial charge in [-0.3, -0.25) is 4.98 Å². The maximum atomic E-state index is 14.5. The first kappa shape index (κ1) is 18.8. The molecule has 1 aliphatic rings. The van der Waals surface area contributed by atoms with Crippen molar-refractivity contribution in [1.29, 1.82) is 5.41 Å². The SMILES string of the molecule is C=C1C=C(c2ccc3ncc(/C(C=N)=C/N)cc3c2)C(c2cc(Cl)ccc2F)=N1. The number of rotatable bonds is 4. The number of allylic oxidation sites excluding steroid dienone is 3. The van der Waals surface area contributed by atoms with Crippen LogP contribution in [0.4, 0.5) is 4.39 Å². The molecule has 142 valence electrons. The maximum Gasteiger partial charge on any atom is 0.132 e. The predicted octanol–water partition coefficient (Wildman–Crippen LogP) is 5.38. The lowest BCUT2D eigenvalue weighted by molar-refractivity contribution is 0.625. The molecule has 1 aromatic heterocycles. The lowest BCUT2D eigenvalue weighted by Crippen LogP contribution is -2.05. The zero-order chi connectivity index (χ0) is 20.5. The van der Waals surface area contributed by atoms with E-state index >= 15 is 0 Å². The van der Waals surface area contributed by atoms with Crippen LogP contribution in [0.1, 0.15) is 16.7 Å². The van der Waals surface area contributed by atoms with E-state index in [1.165, 1.54) is 24.5 Å². The van der Waals surface area contributed by atoms with E-state index in [4.69, 9.17) is 22.7 Å². The van der Waals surface area contributed by atoms with E-state index < -0.39 is 5.82 Å². The van der Waals surface area contributed by atoms with Crippen molar-refractivity contribution in [3.63, 3.8) is 0 Å². The summed E-state index contributed by atoms with van der Waals surface area (Å²) in [6.45, 7) is 3.90. The molecule has 29 heavy (non-hydrogen) atoms. The third kappa shape index (κ3) is 3.48. The number of pyridine rings is 1. The van der Waals surface area contributed by atoms with Crippen molar-refractivity contribution >= 4 is 45.6 Å². The van der Waals surface area contributed by atoms with Crippen molar-refractivity contribution < 1.29 is 4.39 Å². The van der Waals surface area contributed by atoms with Gasteiger partial charge in [0.1, 0.15) is 5.82 Å². The van der Waals surface area contributed by atoms with Gasteiger partial charge in [0.05, 0.1) is 16.9 Å². The van der Waals surface area contributed by atoms with Crippen molar-refractivity contribution in [2.75, 3.05) is 0 Å². The normalized spacial score (nSPS) is 14.1. The van der Waals surface area contributed by atoms with Gasteiger partial charge < -0.3 is 11.1 Å². The van der Waals surface area contributed by atoms with Crippen LogP contribution in [0.2, 0.25) is 5.02 Å². The third-order valence-corrected chi connectivity index (χ3v) is 4.90. The molecule has 1 aliphatic heterocycles. The van der Waals surface area contributed by atoms with Gasteiger partial charge in [-0.2, -0.15) is 0 Å². The van der Waals surface area contributed by atoms with Crippen LogP contribution in [-0.4, -0.2) is 16.9 Å². The lowest BCUT2D eigenvalue weighted by atomic mass is 9.95. The Morgan fingerprint density at radius 3 is 2.76 bits per heavy atom. The molecular weight excluding hydrogens is 387 g/mol. The second kappa shape index (κ2) is 7.45. The van der Waals surface area contributed by atoms with E-state index in [0.717, 1.165) is 27.6 Å². The number of fused-ring (bicyclic) bond motifs is 1. The highest BCUT2D eigenvalue weighted by atomic mass is 35.5. The van der Waals surface area contributed by atoms with Crippen LogP contribution < -0.4 is 5.73 Å². The fraction of sp³-hybridized carbons (Fsp3) is 0. The quantitative estimate of drug-likeness (QED) is 0.575. The summed E-state index contributed by atoms with van der Waals surface area (Å²) < 4.78 is 14.5. The van der Waals surface area contributed by atoms with Crippen LogP contribution >= 0.6 is 11.6 Å². The molecule has 0 bridgehead atoms. The monoisotopic (exact) mass is 402 g/mol. The van der Waals surface area contributed by atoms with E-state index in [1.807, 2.05) is 30.3 Å². The van der Waals surface area contributed by atoms with Gasteiger partial charge in [-0.1, -0.05) is 24.2 Å². The summed E-state index contributed by atoms with van der Waals surface area (Å²) in [6, 6.07) is 12.1. The predicted molar refractivity (Wildman–Crippen MR) is 118 cm³/mol. The molecule has 2 aromatic carbocycles. The Morgan fingerprint density at radius 2 is 2.00 bits per heavy atom. The second-order valence-corrected chi connectivity index (χ2v) is 6.97. The Bertz CT molecular complexity index is 1270. The van der Waals surface area contributed by atoms with Gasteiger partial charge in [-0.15, -0.1) is 0 Å². The molecule has 0 unspecified atom stereocenters. The zero-order valence-corrected chi connectivity index (χ0v) is 16.0. The number of benzene rings is 2. The summed E-state index contributed by atoms with van der Waals surface area (Å²) in [5.74, 6) is -0.401. The second-order valence-electron chi connectivity index (χ2n) is 6.53. The molecule has 3 N–H and O–H groups in total. The summed E-state index contributed by atoms with van der Waals surface area (Å²) in [7, 11) is 0. The van der Waals surface area contributed by atoms with Gasteiger partial charge in [0.2, 0.25) is 0 Å². The summed E-state index contributed by atoms with van der Waals surface area (Å²) in [4.78, 5) is 8.87. The van der Waals surface area contributed by atoms with Gasteiger partial charge >= 0.3 is 0 Å². The first-order valence-corrected chi connectivity index (χ1v) is 9.16. The largest absolute Gasteiger partial charge is 0.404 e. The Kier molecular flexibility index (Phi) is 4.82. The van der Waals surface area contributed by atoms with Crippen LogP contribution in [0.15, 0.2) is 78.2 Å². The molecule has 0 radical (unpaired) electrons. The van der Waals surface area contributed by atoms with Crippen molar-refractivity contribution in [2.24, 2.45) is 10.7 Å². The van der Waals surface area contributed by atoms with E-state index in [-0.39, 0.29) is 0 Å². The van der Waals surface area contributed by atoms with E-state index in [0.29, 0.717) is 27.6 Å². The third-order valence-electron chi connectivity index (χ3n) is 4.67. The number of nitrogens with two attached hydrogens (primary N) is 1. The van der Waals surface area contributed by atoms with E-state index in [2.05, 4.69) is 16.6 Å². The van der Waals surface area contributed by atoms with Crippen LogP contribution in [0.25, 0.3) is 22.0 Å². The van der Waals surface area contributed by atoms with E-state index in [1.54, 1.807) is 12.3 Å². The van der Waals surface area contributed by atoms with Gasteiger partial charge in [-0.05, 0) is 48.0 Å². The van der Waals surface area contributed by atoms with Crippen LogP contribution in [0.3, 0.4) is 0 Å². The van der Waals surface area contributed by atoms with Crippen LogP contribution in [0.5, 0.6) is 0 Å². The molecule has 4 nitrogen and oxygen atoms in total. The highest BCUT2D eigenvalue weighted by Crippen LogP contribution is 2.32. The molecule has 0 saturated carbocycles. The molecule has 0 fully saturated rings. The van der Waals surface area contributed by atoms with Crippen molar-refractivity contribution in [1.82, 2.24) is 4.98 Å². The number of nitrogens with one attached hydrogen (secondary N) is 1. The topological polar surface area (TPSA) is 75.1 Å². The highest BCUT2D eigenvalue weighted by Gasteiger charge is 2.21. The van der Waals surface area contributed by atoms with Gasteiger partial charge in [-0.25, -0.2) is 9.38 Å². The summed E-state index contributed by atoms with van der Waals surface area (Å²) in [5.41, 5.74) is 10.7. The van der Waals surface area contributed by atoms with Gasteiger partial charge in [0.15, 0.2) is 0 Å². The molecular formula is C23H16ClFN4. The molecule has 0 amide bonds. The van der Waals surface area contributed by atoms with Crippen molar-refractivity contribution in [3.05, 3.63) is 101 Å². The van der Waals surface area contributed by atoms with E-state index in [9.17, 15) is 4.39 Å². The first-order chi connectivity index (χ1) is 14.0. The number of halogens is 2. The fourth-order valence-electron chi connectivity index (χ4n) is 3.26. The Morgan fingerprint density at radius 1 is 1.17 bits per heavy atom. The lowest BCUT2D eigenvalue weighted by Gasteiger charge is -2.10. The zero-order valence-electron chi connectivity index (χ0n) is 15.3. The fourth-order valence-corrected chi connectivity index (χ4v) is 3.43. The van der Waals surface area contributed by atoms with Gasteiger partial charge in [0, 0.05) is 51.3 Å². The average Bonchev–Trinajstić information content (AvgIpc) is 3.11. The van der Waals surface area contributed by atoms with Crippen molar-refractivity contribution in [2.45, 2.75) is 0 Å². The standard InChI is InChI=1S/C23H16ClFN4/c1-13-6-19(23(29-13)20-9-18(24)3-4-21(20)25)14-2-5-22-15(7-14)8-16(12-28-22)17(10-26)11-27/h2-12,26H,1,27H2/b17-11+,26-10?. The minimum atomic E-state index is -0.401. The highest BCUT2D eigenvalue weighted by molar-refractivity contribution is 6.36. The first-order valence-electron chi connectivity index (χ1n) is 8.78. The smallest absolute Gasteiger partial charge is 0.132 e. The molecule has 0 atom stereocenters. The molecule has 0 saturated heterocycles. The number of hydrogen-bond donors (Lipinski definition) is 2. The molecule has 2 heterocycles. The Balaban J connectivity index is 1.83. The Hall–Kier alpha value is -3.57. The number of aromatic nitrogens is 1. The number of hydrogen-bond acceptors (Lipinski definition) is 4. The van der Waals surface area contributed by atoms with Crippen LogP contribution in [0, 0.1) is 11.2 Å². The maximum absolute atomic E-state index is 14.5. The molecule has 4 rings (SSSR count). The van der Waals surface area contributed by atoms with Gasteiger partial charge in [0.25, 0.3) is 0 Å². The molecule has 0 aliphatic carbocycles. The number of aliphatic imine (C=N–C) groups is 1. The average molecular weight is 403 g/mol. The molecule has 6 heteroatoms. The van der Waals surface area contributed by atoms with Crippen LogP contribution in [-0.2, 0) is 0 Å². The summed E-state index contributed by atoms with van der Waals surface area (Å²) in [5, 5.41) is 8.78. The van der Waals surface area contributed by atoms with Crippen molar-refractivity contribution in [3.8, 4) is 0 Å².